The minimum atomic E-state index is -3.36. The lowest BCUT2D eigenvalue weighted by molar-refractivity contribution is -0.129. The monoisotopic (exact) mass is 395 g/mol. The van der Waals surface area contributed by atoms with Crippen molar-refractivity contribution in [3.63, 3.8) is 0 Å². The molecule has 1 aliphatic rings. The van der Waals surface area contributed by atoms with Crippen molar-refractivity contribution < 1.29 is 30.0 Å². The number of hydrogen-bond donors (Lipinski definition) is 0. The minimum Gasteiger partial charge on any atom is -0.493 e. The number of hydrogen-bond acceptors (Lipinski definition) is 4. The fraction of sp³-hybridized carbons (Fsp3) is 0.286. The van der Waals surface area contributed by atoms with Crippen LogP contribution in [0.25, 0.3) is 5.57 Å². The molecule has 2 aromatic carbocycles. The summed E-state index contributed by atoms with van der Waals surface area (Å²) in [4.78, 5) is 13.3. The molecule has 1 fully saturated rings. The first-order valence-corrected chi connectivity index (χ1v) is 8.21. The molecule has 1 heterocycles. The summed E-state index contributed by atoms with van der Waals surface area (Å²) >= 11 is 5.99. The number of nitrogens with zero attached hydrogens (tertiary/aromatic N) is 1. The summed E-state index contributed by atoms with van der Waals surface area (Å²) in [6, 6.07) is 11.0. The molecule has 0 aromatic heterocycles. The van der Waals surface area contributed by atoms with Crippen LogP contribution in [-0.2, 0) is 9.53 Å². The Bertz CT molecular complexity index is 1130. The molecule has 0 unspecified atom stereocenters. The summed E-state index contributed by atoms with van der Waals surface area (Å²) in [5.74, 6) is -0.599. The fourth-order valence-corrected chi connectivity index (χ4v) is 2.58. The van der Waals surface area contributed by atoms with Gasteiger partial charge in [-0.3, -0.25) is 4.79 Å². The third-order valence-electron chi connectivity index (χ3n) is 3.75. The van der Waals surface area contributed by atoms with E-state index in [1.807, 2.05) is 0 Å². The third-order valence-corrected chi connectivity index (χ3v) is 4.01. The molecule has 1 amide bonds. The standard InChI is InChI=1S/C21H22ClNO4/c1-25-19-8-5-16(13-20(19)26-2)18(15-3-6-17(22)7-4-15)14-21(24)23-9-11-27-12-10-23/h3-8,13-14H,9-12H2,1-2H3/b18-14+/i9D2,10D2,11D2,12D2. The smallest absolute Gasteiger partial charge is 0.247 e. The highest BCUT2D eigenvalue weighted by Crippen LogP contribution is 2.33. The SMILES string of the molecule is [2H]C1([2H])OC([2H])([2H])C([2H])([2H])N(C(=O)/C=C(\c2ccc(Cl)cc2)c2ccc(OC)c(OC)c2)C1([2H])[2H]. The van der Waals surface area contributed by atoms with E-state index in [4.69, 9.17) is 32.0 Å². The Morgan fingerprint density at radius 3 is 2.33 bits per heavy atom. The number of morpholine rings is 1. The molecule has 0 atom stereocenters. The topological polar surface area (TPSA) is 48.0 Å². The number of rotatable bonds is 5. The van der Waals surface area contributed by atoms with Crippen molar-refractivity contribution in [2.45, 2.75) is 0 Å². The largest absolute Gasteiger partial charge is 0.493 e. The van der Waals surface area contributed by atoms with Crippen LogP contribution in [0.4, 0.5) is 0 Å². The molecule has 0 bridgehead atoms. The zero-order chi connectivity index (χ0) is 26.4. The number of amides is 1. The molecule has 0 radical (unpaired) electrons. The normalized spacial score (nSPS) is 26.6. The van der Waals surface area contributed by atoms with E-state index >= 15 is 0 Å². The summed E-state index contributed by atoms with van der Waals surface area (Å²) in [5, 5.41) is 0.411. The van der Waals surface area contributed by atoms with E-state index in [1.165, 1.54) is 14.2 Å². The van der Waals surface area contributed by atoms with Gasteiger partial charge in [-0.15, -0.1) is 0 Å². The van der Waals surface area contributed by atoms with E-state index in [0.29, 0.717) is 27.6 Å². The maximum atomic E-state index is 13.4. The zero-order valence-corrected chi connectivity index (χ0v) is 15.3. The van der Waals surface area contributed by atoms with Gasteiger partial charge in [-0.05, 0) is 41.0 Å². The molecule has 1 saturated heterocycles. The second-order valence-electron chi connectivity index (χ2n) is 5.34. The van der Waals surface area contributed by atoms with Gasteiger partial charge in [0, 0.05) is 24.1 Å². The molecule has 0 spiro atoms. The Balaban J connectivity index is 2.23. The van der Waals surface area contributed by atoms with Crippen LogP contribution < -0.4 is 9.47 Å². The van der Waals surface area contributed by atoms with Gasteiger partial charge in [-0.2, -0.15) is 0 Å². The summed E-state index contributed by atoms with van der Waals surface area (Å²) in [6.45, 7) is -13.4. The summed E-state index contributed by atoms with van der Waals surface area (Å²) in [7, 11) is 2.86. The number of carbonyl (C=O) groups excluding carboxylic acids is 1. The van der Waals surface area contributed by atoms with Crippen LogP contribution in [0, 0.1) is 0 Å². The van der Waals surface area contributed by atoms with Gasteiger partial charge in [0.1, 0.15) is 0 Å². The minimum absolute atomic E-state index is 0.111. The molecule has 6 heteroatoms. The highest BCUT2D eigenvalue weighted by atomic mass is 35.5. The predicted octanol–water partition coefficient (Wildman–Crippen LogP) is 3.65. The number of benzene rings is 2. The first kappa shape index (κ1) is 11.4. The van der Waals surface area contributed by atoms with E-state index in [0.717, 1.165) is 6.08 Å². The third kappa shape index (κ3) is 4.62. The molecular formula is C21H22ClNO4. The zero-order valence-electron chi connectivity index (χ0n) is 22.6. The molecule has 2 aromatic rings. The van der Waals surface area contributed by atoms with Crippen LogP contribution in [0.2, 0.25) is 5.02 Å². The van der Waals surface area contributed by atoms with Crippen molar-refractivity contribution in [1.29, 1.82) is 0 Å². The number of carbonyl (C=O) groups is 1. The van der Waals surface area contributed by atoms with Gasteiger partial charge >= 0.3 is 0 Å². The molecular weight excluding hydrogens is 366 g/mol. The lowest BCUT2D eigenvalue weighted by Gasteiger charge is -2.26. The van der Waals surface area contributed by atoms with Crippen LogP contribution >= 0.6 is 11.6 Å². The fourth-order valence-electron chi connectivity index (χ4n) is 2.46. The van der Waals surface area contributed by atoms with Crippen LogP contribution in [0.1, 0.15) is 22.1 Å². The molecule has 27 heavy (non-hydrogen) atoms. The highest BCUT2D eigenvalue weighted by Gasteiger charge is 2.17. The quantitative estimate of drug-likeness (QED) is 0.725. The van der Waals surface area contributed by atoms with E-state index in [1.54, 1.807) is 42.5 Å². The van der Waals surface area contributed by atoms with Crippen LogP contribution in [0.5, 0.6) is 11.5 Å². The van der Waals surface area contributed by atoms with Gasteiger partial charge < -0.3 is 19.1 Å². The first-order valence-electron chi connectivity index (χ1n) is 11.8. The van der Waals surface area contributed by atoms with Crippen LogP contribution in [0.3, 0.4) is 0 Å². The van der Waals surface area contributed by atoms with Gasteiger partial charge in [-0.25, -0.2) is 0 Å². The van der Waals surface area contributed by atoms with Crippen molar-refractivity contribution in [2.75, 3.05) is 40.3 Å². The Kier molecular flexibility index (Phi) is 3.76. The Hall–Kier alpha value is -2.50. The van der Waals surface area contributed by atoms with Gasteiger partial charge in [-0.1, -0.05) is 29.8 Å². The summed E-state index contributed by atoms with van der Waals surface area (Å²) in [6.07, 6.45) is 0.900. The van der Waals surface area contributed by atoms with E-state index in [2.05, 4.69) is 4.74 Å². The Morgan fingerprint density at radius 2 is 1.70 bits per heavy atom. The average Bonchev–Trinajstić information content (AvgIpc) is 2.75. The molecule has 0 saturated carbocycles. The van der Waals surface area contributed by atoms with Crippen LogP contribution in [0.15, 0.2) is 48.5 Å². The van der Waals surface area contributed by atoms with Crippen LogP contribution in [-0.4, -0.2) is 51.1 Å². The van der Waals surface area contributed by atoms with Gasteiger partial charge in [0.05, 0.1) is 38.3 Å². The van der Waals surface area contributed by atoms with Gasteiger partial charge in [0.2, 0.25) is 5.91 Å². The highest BCUT2D eigenvalue weighted by molar-refractivity contribution is 6.30. The molecule has 1 aliphatic heterocycles. The van der Waals surface area contributed by atoms with Crippen molar-refractivity contribution in [3.05, 3.63) is 64.7 Å². The number of ether oxygens (including phenoxy) is 3. The molecule has 142 valence electrons. The van der Waals surface area contributed by atoms with E-state index in [-0.39, 0.29) is 10.5 Å². The molecule has 3 rings (SSSR count). The second-order valence-corrected chi connectivity index (χ2v) is 5.77. The Labute approximate surface area is 175 Å². The lowest BCUT2D eigenvalue weighted by atomic mass is 9.96. The molecule has 0 N–H and O–H groups in total. The van der Waals surface area contributed by atoms with Gasteiger partial charge in [0.15, 0.2) is 11.5 Å². The second kappa shape index (κ2) is 8.93. The average molecular weight is 396 g/mol. The maximum Gasteiger partial charge on any atom is 0.247 e. The maximum absolute atomic E-state index is 13.4. The summed E-state index contributed by atoms with van der Waals surface area (Å²) in [5.41, 5.74) is 1.03. The predicted molar refractivity (Wildman–Crippen MR) is 105 cm³/mol. The lowest BCUT2D eigenvalue weighted by Crippen LogP contribution is -2.39. The number of halogens is 1. The van der Waals surface area contributed by atoms with Crippen molar-refractivity contribution in [2.24, 2.45) is 0 Å². The Morgan fingerprint density at radius 1 is 1.07 bits per heavy atom. The van der Waals surface area contributed by atoms with Gasteiger partial charge in [0.25, 0.3) is 0 Å². The van der Waals surface area contributed by atoms with Crippen molar-refractivity contribution in [3.8, 4) is 11.5 Å². The van der Waals surface area contributed by atoms with Crippen molar-refractivity contribution >= 4 is 23.1 Å². The number of methoxy groups -OCH3 is 2. The molecule has 0 aliphatic carbocycles. The van der Waals surface area contributed by atoms with Crippen molar-refractivity contribution in [1.82, 2.24) is 4.90 Å². The van der Waals surface area contributed by atoms with E-state index < -0.39 is 32.0 Å². The first-order chi connectivity index (χ1) is 16.1. The summed E-state index contributed by atoms with van der Waals surface area (Å²) < 4.78 is 78.8. The molecule has 5 nitrogen and oxygen atoms in total. The van der Waals surface area contributed by atoms with E-state index in [9.17, 15) is 4.79 Å².